The van der Waals surface area contributed by atoms with Gasteiger partial charge in [0.25, 0.3) is 0 Å². The molecule has 1 aliphatic rings. The van der Waals surface area contributed by atoms with Crippen LogP contribution in [0.15, 0.2) is 42.5 Å². The molecule has 4 heteroatoms. The molecular weight excluding hydrogens is 283 g/mol. The third kappa shape index (κ3) is 2.71. The highest BCUT2D eigenvalue weighted by Crippen LogP contribution is 2.42. The molecule has 1 aliphatic heterocycles. The first-order chi connectivity index (χ1) is 9.07. The first kappa shape index (κ1) is 12.8. The number of benzene rings is 2. The van der Waals surface area contributed by atoms with E-state index >= 15 is 0 Å². The van der Waals surface area contributed by atoms with Gasteiger partial charge in [0.15, 0.2) is 0 Å². The van der Waals surface area contributed by atoms with E-state index in [0.717, 1.165) is 11.3 Å². The largest absolute Gasteiger partial charge is 0.457 e. The van der Waals surface area contributed by atoms with Gasteiger partial charge in [0.2, 0.25) is 0 Å². The van der Waals surface area contributed by atoms with Crippen LogP contribution in [-0.4, -0.2) is 6.61 Å². The second kappa shape index (κ2) is 4.71. The summed E-state index contributed by atoms with van der Waals surface area (Å²) in [6.07, 6.45) is 0. The first-order valence-corrected chi connectivity index (χ1v) is 6.70. The Hall–Kier alpha value is -1.22. The summed E-state index contributed by atoms with van der Waals surface area (Å²) in [5, 5.41) is 1.34. The minimum absolute atomic E-state index is 0.226. The van der Waals surface area contributed by atoms with E-state index in [1.165, 1.54) is 0 Å². The van der Waals surface area contributed by atoms with Crippen molar-refractivity contribution in [3.63, 3.8) is 0 Å². The molecule has 0 aromatic heterocycles. The fourth-order valence-electron chi connectivity index (χ4n) is 1.89. The standard InChI is InChI=1S/C15H12Cl2O2/c1-15(9-18-15)13-7-6-12(8-14(13)17)19-11-4-2-10(16)3-5-11/h2-8H,9H2,1H3. The van der Waals surface area contributed by atoms with Gasteiger partial charge in [0.1, 0.15) is 17.1 Å². The van der Waals surface area contributed by atoms with Crippen molar-refractivity contribution in [1.29, 1.82) is 0 Å². The average molecular weight is 295 g/mol. The normalized spacial score (nSPS) is 21.2. The molecule has 0 aliphatic carbocycles. The van der Waals surface area contributed by atoms with Crippen LogP contribution in [0.2, 0.25) is 10.0 Å². The Morgan fingerprint density at radius 2 is 1.68 bits per heavy atom. The average Bonchev–Trinajstić information content (AvgIpc) is 3.11. The predicted molar refractivity (Wildman–Crippen MR) is 76.3 cm³/mol. The van der Waals surface area contributed by atoms with Gasteiger partial charge in [-0.05, 0) is 43.3 Å². The van der Waals surface area contributed by atoms with E-state index in [4.69, 9.17) is 32.7 Å². The maximum atomic E-state index is 6.26. The molecule has 2 aromatic rings. The Labute approximate surface area is 121 Å². The van der Waals surface area contributed by atoms with Gasteiger partial charge in [-0.1, -0.05) is 29.3 Å². The summed E-state index contributed by atoms with van der Waals surface area (Å²) in [6, 6.07) is 12.8. The van der Waals surface area contributed by atoms with Crippen LogP contribution in [0.25, 0.3) is 0 Å². The molecule has 0 spiro atoms. The van der Waals surface area contributed by atoms with Crippen molar-refractivity contribution in [3.8, 4) is 11.5 Å². The van der Waals surface area contributed by atoms with E-state index in [-0.39, 0.29) is 5.60 Å². The van der Waals surface area contributed by atoms with Crippen molar-refractivity contribution < 1.29 is 9.47 Å². The van der Waals surface area contributed by atoms with Crippen LogP contribution in [-0.2, 0) is 10.3 Å². The zero-order chi connectivity index (χ0) is 13.5. The van der Waals surface area contributed by atoms with Crippen molar-refractivity contribution in [3.05, 3.63) is 58.1 Å². The van der Waals surface area contributed by atoms with Crippen molar-refractivity contribution in [2.24, 2.45) is 0 Å². The van der Waals surface area contributed by atoms with E-state index in [9.17, 15) is 0 Å². The fraction of sp³-hybridized carbons (Fsp3) is 0.200. The van der Waals surface area contributed by atoms with Gasteiger partial charge < -0.3 is 9.47 Å². The lowest BCUT2D eigenvalue weighted by molar-refractivity contribution is 0.329. The minimum atomic E-state index is -0.226. The van der Waals surface area contributed by atoms with Gasteiger partial charge >= 0.3 is 0 Å². The van der Waals surface area contributed by atoms with E-state index in [2.05, 4.69) is 0 Å². The molecule has 1 heterocycles. The topological polar surface area (TPSA) is 21.8 Å². The molecule has 0 amide bonds. The fourth-order valence-corrected chi connectivity index (χ4v) is 2.39. The molecule has 2 aromatic carbocycles. The highest BCUT2D eigenvalue weighted by atomic mass is 35.5. The quantitative estimate of drug-likeness (QED) is 0.741. The molecule has 19 heavy (non-hydrogen) atoms. The lowest BCUT2D eigenvalue weighted by Crippen LogP contribution is -2.02. The van der Waals surface area contributed by atoms with Crippen molar-refractivity contribution >= 4 is 23.2 Å². The Kier molecular flexibility index (Phi) is 3.17. The van der Waals surface area contributed by atoms with Crippen molar-refractivity contribution in [2.45, 2.75) is 12.5 Å². The number of halogens is 2. The summed E-state index contributed by atoms with van der Waals surface area (Å²) in [5.41, 5.74) is 0.771. The zero-order valence-electron chi connectivity index (χ0n) is 10.3. The molecule has 1 unspecified atom stereocenters. The molecule has 98 valence electrons. The van der Waals surface area contributed by atoms with Crippen LogP contribution in [0.3, 0.4) is 0 Å². The van der Waals surface area contributed by atoms with Gasteiger partial charge in [0, 0.05) is 10.6 Å². The zero-order valence-corrected chi connectivity index (χ0v) is 11.8. The Bertz CT molecular complexity index is 604. The molecule has 0 saturated carbocycles. The van der Waals surface area contributed by atoms with Crippen LogP contribution in [0, 0.1) is 0 Å². The summed E-state index contributed by atoms with van der Waals surface area (Å²) >= 11 is 12.1. The summed E-state index contributed by atoms with van der Waals surface area (Å²) in [5.74, 6) is 1.42. The highest BCUT2D eigenvalue weighted by Gasteiger charge is 2.42. The van der Waals surface area contributed by atoms with E-state index in [1.54, 1.807) is 18.2 Å². The second-order valence-corrected chi connectivity index (χ2v) is 5.56. The number of ether oxygens (including phenoxy) is 2. The Morgan fingerprint density at radius 3 is 2.26 bits per heavy atom. The third-order valence-corrected chi connectivity index (χ3v) is 3.70. The molecule has 0 bridgehead atoms. The monoisotopic (exact) mass is 294 g/mol. The number of rotatable bonds is 3. The third-order valence-electron chi connectivity index (χ3n) is 3.14. The summed E-state index contributed by atoms with van der Waals surface area (Å²) in [4.78, 5) is 0. The van der Waals surface area contributed by atoms with Crippen molar-refractivity contribution in [2.75, 3.05) is 6.61 Å². The lowest BCUT2D eigenvalue weighted by Gasteiger charge is -2.11. The molecular formula is C15H12Cl2O2. The van der Waals surface area contributed by atoms with Crippen LogP contribution in [0.5, 0.6) is 11.5 Å². The SMILES string of the molecule is CC1(c2ccc(Oc3ccc(Cl)cc3)cc2Cl)CO1. The van der Waals surface area contributed by atoms with Gasteiger partial charge in [-0.15, -0.1) is 0 Å². The summed E-state index contributed by atoms with van der Waals surface area (Å²) in [7, 11) is 0. The first-order valence-electron chi connectivity index (χ1n) is 5.94. The maximum absolute atomic E-state index is 6.26. The summed E-state index contributed by atoms with van der Waals surface area (Å²) < 4.78 is 11.1. The van der Waals surface area contributed by atoms with Gasteiger partial charge in [0.05, 0.1) is 11.6 Å². The van der Waals surface area contributed by atoms with E-state index in [0.29, 0.717) is 22.4 Å². The number of hydrogen-bond donors (Lipinski definition) is 0. The Morgan fingerprint density at radius 1 is 1.05 bits per heavy atom. The van der Waals surface area contributed by atoms with E-state index < -0.39 is 0 Å². The predicted octanol–water partition coefficient (Wildman–Crippen LogP) is 5.03. The smallest absolute Gasteiger partial charge is 0.128 e. The van der Waals surface area contributed by atoms with Crippen LogP contribution < -0.4 is 4.74 Å². The van der Waals surface area contributed by atoms with Crippen LogP contribution in [0.1, 0.15) is 12.5 Å². The minimum Gasteiger partial charge on any atom is -0.457 e. The maximum Gasteiger partial charge on any atom is 0.128 e. The Balaban J connectivity index is 1.82. The van der Waals surface area contributed by atoms with Crippen LogP contribution in [0.4, 0.5) is 0 Å². The van der Waals surface area contributed by atoms with Gasteiger partial charge in [-0.3, -0.25) is 0 Å². The van der Waals surface area contributed by atoms with Crippen LogP contribution >= 0.6 is 23.2 Å². The molecule has 1 fully saturated rings. The molecule has 0 radical (unpaired) electrons. The lowest BCUT2D eigenvalue weighted by atomic mass is 10.0. The molecule has 1 atom stereocenters. The summed E-state index contributed by atoms with van der Waals surface area (Å²) in [6.45, 7) is 2.73. The van der Waals surface area contributed by atoms with Gasteiger partial charge in [-0.2, -0.15) is 0 Å². The highest BCUT2D eigenvalue weighted by molar-refractivity contribution is 6.31. The van der Waals surface area contributed by atoms with Gasteiger partial charge in [-0.25, -0.2) is 0 Å². The molecule has 0 N–H and O–H groups in total. The van der Waals surface area contributed by atoms with E-state index in [1.807, 2.05) is 31.2 Å². The number of hydrogen-bond acceptors (Lipinski definition) is 2. The molecule has 3 rings (SSSR count). The molecule has 1 saturated heterocycles. The number of epoxide rings is 1. The van der Waals surface area contributed by atoms with Crippen molar-refractivity contribution in [1.82, 2.24) is 0 Å². The second-order valence-electron chi connectivity index (χ2n) is 4.72. The molecule has 2 nitrogen and oxygen atoms in total.